The average molecular weight is 246 g/mol. The van der Waals surface area contributed by atoms with Crippen molar-refractivity contribution in [2.75, 3.05) is 19.8 Å². The maximum atomic E-state index is 8.84. The van der Waals surface area contributed by atoms with Crippen molar-refractivity contribution in [1.82, 2.24) is 5.32 Å². The second-order valence-electron chi connectivity index (χ2n) is 4.23. The molecule has 0 fully saturated rings. The van der Waals surface area contributed by atoms with E-state index in [2.05, 4.69) is 35.7 Å². The number of hydrogen-bond donors (Lipinski definition) is 1. The van der Waals surface area contributed by atoms with Crippen LogP contribution in [0.25, 0.3) is 0 Å². The largest absolute Gasteiger partial charge is 0.381 e. The topological polar surface area (TPSA) is 45.0 Å². The lowest BCUT2D eigenvalue weighted by Gasteiger charge is -2.09. The van der Waals surface area contributed by atoms with Crippen molar-refractivity contribution in [3.8, 4) is 6.07 Å². The van der Waals surface area contributed by atoms with E-state index in [0.717, 1.165) is 32.4 Å². The van der Waals surface area contributed by atoms with Crippen LogP contribution < -0.4 is 5.32 Å². The lowest BCUT2D eigenvalue weighted by molar-refractivity contribution is 0.126. The second-order valence-corrected chi connectivity index (χ2v) is 4.23. The molecule has 0 amide bonds. The molecule has 0 saturated carbocycles. The lowest BCUT2D eigenvalue weighted by atomic mass is 10.1. The third kappa shape index (κ3) is 6.39. The zero-order valence-corrected chi connectivity index (χ0v) is 11.1. The molecule has 18 heavy (non-hydrogen) atoms. The first-order chi connectivity index (χ1) is 8.86. The Hall–Kier alpha value is -1.37. The molecule has 1 aromatic rings. The van der Waals surface area contributed by atoms with Crippen molar-refractivity contribution in [3.05, 3.63) is 35.9 Å². The van der Waals surface area contributed by atoms with Crippen LogP contribution >= 0.6 is 0 Å². The summed E-state index contributed by atoms with van der Waals surface area (Å²) < 4.78 is 5.54. The van der Waals surface area contributed by atoms with E-state index in [-0.39, 0.29) is 6.04 Å². The number of ether oxygens (including phenoxy) is 1. The molecule has 98 valence electrons. The predicted molar refractivity (Wildman–Crippen MR) is 73.3 cm³/mol. The molecule has 0 radical (unpaired) electrons. The van der Waals surface area contributed by atoms with Gasteiger partial charge in [-0.05, 0) is 31.4 Å². The molecule has 0 aliphatic carbocycles. The third-order valence-electron chi connectivity index (χ3n) is 2.75. The van der Waals surface area contributed by atoms with Crippen molar-refractivity contribution in [2.24, 2.45) is 0 Å². The molecular formula is C15H22N2O. The highest BCUT2D eigenvalue weighted by molar-refractivity contribution is 5.14. The maximum absolute atomic E-state index is 8.84. The third-order valence-corrected chi connectivity index (χ3v) is 2.75. The van der Waals surface area contributed by atoms with Crippen molar-refractivity contribution >= 4 is 0 Å². The summed E-state index contributed by atoms with van der Waals surface area (Å²) in [4.78, 5) is 0. The summed E-state index contributed by atoms with van der Waals surface area (Å²) in [6.45, 7) is 4.25. The highest BCUT2D eigenvalue weighted by Gasteiger charge is 2.04. The molecule has 1 atom stereocenters. The first-order valence-corrected chi connectivity index (χ1v) is 6.61. The van der Waals surface area contributed by atoms with Gasteiger partial charge in [-0.1, -0.05) is 37.3 Å². The molecule has 1 unspecified atom stereocenters. The van der Waals surface area contributed by atoms with E-state index in [1.807, 2.05) is 13.0 Å². The number of aryl methyl sites for hydroxylation is 1. The molecule has 0 aliphatic rings. The Morgan fingerprint density at radius 3 is 2.72 bits per heavy atom. The second kappa shape index (κ2) is 9.64. The minimum Gasteiger partial charge on any atom is -0.381 e. The van der Waals surface area contributed by atoms with Gasteiger partial charge >= 0.3 is 0 Å². The van der Waals surface area contributed by atoms with Gasteiger partial charge in [0.05, 0.1) is 12.1 Å². The number of hydrogen-bond acceptors (Lipinski definition) is 3. The number of nitrogens with zero attached hydrogens (tertiary/aromatic N) is 1. The first-order valence-electron chi connectivity index (χ1n) is 6.61. The average Bonchev–Trinajstić information content (AvgIpc) is 2.42. The molecule has 3 nitrogen and oxygen atoms in total. The van der Waals surface area contributed by atoms with Crippen LogP contribution in [0.1, 0.15) is 25.3 Å². The van der Waals surface area contributed by atoms with Crippen LogP contribution in [0.5, 0.6) is 0 Å². The van der Waals surface area contributed by atoms with Crippen LogP contribution in [0.15, 0.2) is 30.3 Å². The summed E-state index contributed by atoms with van der Waals surface area (Å²) in [5, 5.41) is 11.9. The Morgan fingerprint density at radius 1 is 1.28 bits per heavy atom. The zero-order chi connectivity index (χ0) is 13.1. The molecular weight excluding hydrogens is 224 g/mol. The molecule has 0 spiro atoms. The molecule has 3 heteroatoms. The van der Waals surface area contributed by atoms with Crippen molar-refractivity contribution in [1.29, 1.82) is 5.26 Å². The Morgan fingerprint density at radius 2 is 2.06 bits per heavy atom. The molecule has 1 aromatic carbocycles. The Bertz CT molecular complexity index is 345. The number of nitrogens with one attached hydrogen (secondary N) is 1. The van der Waals surface area contributed by atoms with E-state index in [0.29, 0.717) is 6.61 Å². The lowest BCUT2D eigenvalue weighted by Crippen LogP contribution is -2.28. The van der Waals surface area contributed by atoms with E-state index >= 15 is 0 Å². The minimum absolute atomic E-state index is 0.0795. The number of benzene rings is 1. The van der Waals surface area contributed by atoms with Gasteiger partial charge in [0.2, 0.25) is 0 Å². The van der Waals surface area contributed by atoms with Crippen LogP contribution in [0.4, 0.5) is 0 Å². The molecule has 0 bridgehead atoms. The van der Waals surface area contributed by atoms with Crippen molar-refractivity contribution in [3.63, 3.8) is 0 Å². The van der Waals surface area contributed by atoms with Crippen LogP contribution in [-0.2, 0) is 11.2 Å². The van der Waals surface area contributed by atoms with E-state index in [9.17, 15) is 0 Å². The summed E-state index contributed by atoms with van der Waals surface area (Å²) >= 11 is 0. The summed E-state index contributed by atoms with van der Waals surface area (Å²) in [7, 11) is 0. The normalized spacial score (nSPS) is 12.0. The molecule has 0 heterocycles. The van der Waals surface area contributed by atoms with Gasteiger partial charge in [0, 0.05) is 13.2 Å². The van der Waals surface area contributed by atoms with Gasteiger partial charge in [-0.3, -0.25) is 0 Å². The van der Waals surface area contributed by atoms with E-state index in [4.69, 9.17) is 10.00 Å². The van der Waals surface area contributed by atoms with Gasteiger partial charge in [-0.25, -0.2) is 0 Å². The summed E-state index contributed by atoms with van der Waals surface area (Å²) in [5.41, 5.74) is 1.35. The minimum atomic E-state index is -0.0795. The van der Waals surface area contributed by atoms with Gasteiger partial charge in [-0.15, -0.1) is 0 Å². The summed E-state index contributed by atoms with van der Waals surface area (Å²) in [6, 6.07) is 12.6. The summed E-state index contributed by atoms with van der Waals surface area (Å²) in [6.07, 6.45) is 2.84. The molecule has 0 aliphatic heterocycles. The Labute approximate surface area is 110 Å². The van der Waals surface area contributed by atoms with Gasteiger partial charge < -0.3 is 10.1 Å². The Balaban J connectivity index is 2.01. The standard InChI is InChI=1S/C15H22N2O/c1-2-17-15(13-16)10-12-18-11-6-9-14-7-4-3-5-8-14/h3-5,7-8,15,17H,2,6,9-12H2,1H3. The number of rotatable bonds is 9. The van der Waals surface area contributed by atoms with Gasteiger partial charge in [-0.2, -0.15) is 5.26 Å². The maximum Gasteiger partial charge on any atom is 0.0974 e. The van der Waals surface area contributed by atoms with Crippen molar-refractivity contribution < 1.29 is 4.74 Å². The van der Waals surface area contributed by atoms with Gasteiger partial charge in [0.25, 0.3) is 0 Å². The van der Waals surface area contributed by atoms with Crippen LogP contribution in [0.3, 0.4) is 0 Å². The first kappa shape index (κ1) is 14.7. The van der Waals surface area contributed by atoms with E-state index < -0.39 is 0 Å². The fourth-order valence-corrected chi connectivity index (χ4v) is 1.78. The fraction of sp³-hybridized carbons (Fsp3) is 0.533. The Kier molecular flexibility index (Phi) is 7.87. The van der Waals surface area contributed by atoms with Crippen LogP contribution in [-0.4, -0.2) is 25.8 Å². The summed E-state index contributed by atoms with van der Waals surface area (Å²) in [5.74, 6) is 0. The van der Waals surface area contributed by atoms with Crippen LogP contribution in [0, 0.1) is 11.3 Å². The van der Waals surface area contributed by atoms with Gasteiger partial charge in [0.1, 0.15) is 0 Å². The molecule has 0 aromatic heterocycles. The SMILES string of the molecule is CCNC(C#N)CCOCCCc1ccccc1. The fourth-order valence-electron chi connectivity index (χ4n) is 1.78. The zero-order valence-electron chi connectivity index (χ0n) is 11.1. The number of nitriles is 1. The van der Waals surface area contributed by atoms with Gasteiger partial charge in [0.15, 0.2) is 0 Å². The van der Waals surface area contributed by atoms with Crippen LogP contribution in [0.2, 0.25) is 0 Å². The molecule has 1 rings (SSSR count). The van der Waals surface area contributed by atoms with E-state index in [1.165, 1.54) is 5.56 Å². The van der Waals surface area contributed by atoms with E-state index in [1.54, 1.807) is 0 Å². The predicted octanol–water partition coefficient (Wildman–Crippen LogP) is 2.53. The quantitative estimate of drug-likeness (QED) is 0.681. The molecule has 1 N–H and O–H groups in total. The molecule has 0 saturated heterocycles. The smallest absolute Gasteiger partial charge is 0.0974 e. The highest BCUT2D eigenvalue weighted by Crippen LogP contribution is 2.02. The van der Waals surface area contributed by atoms with Crippen molar-refractivity contribution in [2.45, 2.75) is 32.2 Å². The highest BCUT2D eigenvalue weighted by atomic mass is 16.5. The monoisotopic (exact) mass is 246 g/mol.